The summed E-state index contributed by atoms with van der Waals surface area (Å²) in [5.74, 6) is -1.55. The van der Waals surface area contributed by atoms with Crippen molar-refractivity contribution in [3.63, 3.8) is 0 Å². The van der Waals surface area contributed by atoms with Gasteiger partial charge in [-0.2, -0.15) is 13.2 Å². The molecule has 0 aromatic rings. The van der Waals surface area contributed by atoms with Crippen LogP contribution in [0.4, 0.5) is 13.2 Å². The second-order valence-electron chi connectivity index (χ2n) is 1.96. The molecule has 0 saturated heterocycles. The molecule has 4 nitrogen and oxygen atoms in total. The Bertz CT molecular complexity index is 170. The maximum atomic E-state index is 11.6. The highest BCUT2D eigenvalue weighted by Gasteiger charge is 2.45. The van der Waals surface area contributed by atoms with Gasteiger partial charge in [-0.1, -0.05) is 0 Å². The predicted molar refractivity (Wildman–Crippen MR) is 31.8 cm³/mol. The number of rotatable bonds is 2. The zero-order valence-corrected chi connectivity index (χ0v) is 6.42. The second-order valence-corrected chi connectivity index (χ2v) is 1.96. The molecule has 0 aromatic carbocycles. The lowest BCUT2D eigenvalue weighted by Crippen LogP contribution is -2.44. The second kappa shape index (κ2) is 3.72. The summed E-state index contributed by atoms with van der Waals surface area (Å²) in [7, 11) is 1.98. The van der Waals surface area contributed by atoms with Gasteiger partial charge in [0, 0.05) is 7.05 Å². The van der Waals surface area contributed by atoms with Gasteiger partial charge in [0.15, 0.2) is 0 Å². The van der Waals surface area contributed by atoms with E-state index in [1.807, 2.05) is 0 Å². The van der Waals surface area contributed by atoms with Crippen LogP contribution in [0.3, 0.4) is 0 Å². The molecule has 0 aliphatic rings. The molecule has 12 heavy (non-hydrogen) atoms. The smallest absolute Gasteiger partial charge is 0.376 e. The number of alkyl halides is 3. The van der Waals surface area contributed by atoms with Crippen LogP contribution >= 0.6 is 0 Å². The first-order valence-electron chi connectivity index (χ1n) is 2.87. The van der Waals surface area contributed by atoms with E-state index in [4.69, 9.17) is 5.11 Å². The van der Waals surface area contributed by atoms with Crippen molar-refractivity contribution in [1.29, 1.82) is 0 Å². The number of halogens is 3. The first-order valence-corrected chi connectivity index (χ1v) is 2.87. The summed E-state index contributed by atoms with van der Waals surface area (Å²) >= 11 is 0. The summed E-state index contributed by atoms with van der Waals surface area (Å²) in [5.41, 5.74) is 0. The van der Waals surface area contributed by atoms with Crippen LogP contribution in [-0.4, -0.2) is 42.5 Å². The Labute approximate surface area is 66.5 Å². The minimum absolute atomic E-state index is 0.304. The van der Waals surface area contributed by atoms with Crippen molar-refractivity contribution in [3.05, 3.63) is 0 Å². The molecule has 0 aliphatic carbocycles. The van der Waals surface area contributed by atoms with Crippen LogP contribution in [0, 0.1) is 0 Å². The molecule has 7 heteroatoms. The Balaban J connectivity index is 4.30. The van der Waals surface area contributed by atoms with Crippen LogP contribution in [0.15, 0.2) is 0 Å². The van der Waals surface area contributed by atoms with Crippen molar-refractivity contribution in [2.24, 2.45) is 0 Å². The molecule has 0 bridgehead atoms. The molecule has 72 valence electrons. The molecule has 1 amide bonds. The number of carbonyl (C=O) groups is 1. The van der Waals surface area contributed by atoms with Crippen LogP contribution in [0.2, 0.25) is 0 Å². The minimum atomic E-state index is -4.95. The summed E-state index contributed by atoms with van der Waals surface area (Å²) in [6, 6.07) is 0. The van der Waals surface area contributed by atoms with E-state index in [-0.39, 0.29) is 0 Å². The fourth-order valence-corrected chi connectivity index (χ4v) is 0.402. The Morgan fingerprint density at radius 2 is 2.00 bits per heavy atom. The Hall–Kier alpha value is -0.820. The summed E-state index contributed by atoms with van der Waals surface area (Å²) in [5, 5.41) is 8.66. The predicted octanol–water partition coefficient (Wildman–Crippen LogP) is -0.0706. The maximum absolute atomic E-state index is 11.6. The van der Waals surface area contributed by atoms with Gasteiger partial charge >= 0.3 is 6.18 Å². The van der Waals surface area contributed by atoms with Crippen LogP contribution < -0.4 is 0 Å². The van der Waals surface area contributed by atoms with Gasteiger partial charge in [0.2, 0.25) is 6.10 Å². The number of hydrogen-bond donors (Lipinski definition) is 1. The fraction of sp³-hybridized carbons (Fsp3) is 0.800. The van der Waals surface area contributed by atoms with E-state index in [0.29, 0.717) is 5.06 Å². The van der Waals surface area contributed by atoms with E-state index in [2.05, 4.69) is 4.84 Å². The highest BCUT2D eigenvalue weighted by molar-refractivity contribution is 5.80. The molecule has 0 radical (unpaired) electrons. The summed E-state index contributed by atoms with van der Waals surface area (Å²) in [4.78, 5) is 14.7. The van der Waals surface area contributed by atoms with Gasteiger partial charge in [-0.15, -0.1) is 0 Å². The van der Waals surface area contributed by atoms with Gasteiger partial charge in [0.25, 0.3) is 5.91 Å². The third-order valence-electron chi connectivity index (χ3n) is 1.13. The third kappa shape index (κ3) is 2.67. The Morgan fingerprint density at radius 1 is 1.58 bits per heavy atom. The minimum Gasteiger partial charge on any atom is -0.376 e. The number of amides is 1. The Morgan fingerprint density at radius 3 is 2.25 bits per heavy atom. The van der Waals surface area contributed by atoms with Crippen molar-refractivity contribution < 1.29 is 27.9 Å². The lowest BCUT2D eigenvalue weighted by Gasteiger charge is -2.19. The molecular weight excluding hydrogens is 179 g/mol. The SMILES string of the molecule is CON(C)C(=O)[C@H](O)C(F)(F)F. The van der Waals surface area contributed by atoms with E-state index in [0.717, 1.165) is 14.2 Å². The van der Waals surface area contributed by atoms with Gasteiger partial charge in [0.1, 0.15) is 0 Å². The van der Waals surface area contributed by atoms with E-state index in [1.165, 1.54) is 0 Å². The van der Waals surface area contributed by atoms with Crippen LogP contribution in [0.5, 0.6) is 0 Å². The first kappa shape index (κ1) is 11.2. The van der Waals surface area contributed by atoms with E-state index < -0.39 is 18.2 Å². The average molecular weight is 187 g/mol. The standard InChI is InChI=1S/C5H8F3NO3/c1-9(12-2)4(11)3(10)5(6,7)8/h3,10H,1-2H3/t3-/m0/s1. The molecule has 0 fully saturated rings. The molecule has 1 atom stereocenters. The van der Waals surface area contributed by atoms with E-state index in [1.54, 1.807) is 0 Å². The lowest BCUT2D eigenvalue weighted by atomic mass is 10.3. The van der Waals surface area contributed by atoms with Crippen molar-refractivity contribution in [1.82, 2.24) is 5.06 Å². The quantitative estimate of drug-likeness (QED) is 0.615. The molecule has 0 unspecified atom stereocenters. The van der Waals surface area contributed by atoms with E-state index in [9.17, 15) is 18.0 Å². The van der Waals surface area contributed by atoms with Crippen molar-refractivity contribution >= 4 is 5.91 Å². The molecular formula is C5H8F3NO3. The number of carbonyl (C=O) groups excluding carboxylic acids is 1. The van der Waals surface area contributed by atoms with Gasteiger partial charge in [-0.3, -0.25) is 9.63 Å². The van der Waals surface area contributed by atoms with Gasteiger partial charge in [0.05, 0.1) is 7.11 Å². The largest absolute Gasteiger partial charge is 0.423 e. The monoisotopic (exact) mass is 187 g/mol. The number of aliphatic hydroxyl groups is 1. The highest BCUT2D eigenvalue weighted by atomic mass is 19.4. The molecule has 0 saturated carbocycles. The van der Waals surface area contributed by atoms with Crippen molar-refractivity contribution in [2.75, 3.05) is 14.2 Å². The Kier molecular flexibility index (Phi) is 3.47. The van der Waals surface area contributed by atoms with E-state index >= 15 is 0 Å². The molecule has 0 spiro atoms. The normalized spacial score (nSPS) is 14.2. The summed E-state index contributed by atoms with van der Waals surface area (Å²) in [6.45, 7) is 0. The molecule has 0 aromatic heterocycles. The van der Waals surface area contributed by atoms with Crippen LogP contribution in [-0.2, 0) is 9.63 Å². The number of hydrogen-bond acceptors (Lipinski definition) is 3. The average Bonchev–Trinajstić information content (AvgIpc) is 1.98. The topological polar surface area (TPSA) is 49.8 Å². The van der Waals surface area contributed by atoms with Gasteiger partial charge in [-0.25, -0.2) is 5.06 Å². The third-order valence-corrected chi connectivity index (χ3v) is 1.13. The van der Waals surface area contributed by atoms with Gasteiger partial charge in [-0.05, 0) is 0 Å². The number of aliphatic hydroxyl groups excluding tert-OH is 1. The first-order chi connectivity index (χ1) is 5.30. The zero-order chi connectivity index (χ0) is 9.94. The van der Waals surface area contributed by atoms with Gasteiger partial charge < -0.3 is 5.11 Å². The number of likely N-dealkylation sites (N-methyl/N-ethyl adjacent to an activating group) is 1. The summed E-state index contributed by atoms with van der Waals surface area (Å²) < 4.78 is 34.9. The lowest BCUT2D eigenvalue weighted by molar-refractivity contribution is -0.227. The molecule has 0 heterocycles. The fourth-order valence-electron chi connectivity index (χ4n) is 0.402. The number of nitrogens with zero attached hydrogens (tertiary/aromatic N) is 1. The van der Waals surface area contributed by atoms with Crippen LogP contribution in [0.25, 0.3) is 0 Å². The van der Waals surface area contributed by atoms with Crippen LogP contribution in [0.1, 0.15) is 0 Å². The number of hydroxylamine groups is 2. The molecule has 0 rings (SSSR count). The summed E-state index contributed by atoms with van der Waals surface area (Å²) in [6.07, 6.45) is -7.98. The molecule has 0 aliphatic heterocycles. The highest BCUT2D eigenvalue weighted by Crippen LogP contribution is 2.21. The zero-order valence-electron chi connectivity index (χ0n) is 6.42. The molecule has 1 N–H and O–H groups in total. The van der Waals surface area contributed by atoms with Crippen molar-refractivity contribution in [3.8, 4) is 0 Å². The van der Waals surface area contributed by atoms with Crippen molar-refractivity contribution in [2.45, 2.75) is 12.3 Å². The maximum Gasteiger partial charge on any atom is 0.423 e.